The molecule has 2 rings (SSSR count). The van der Waals surface area contributed by atoms with Crippen molar-refractivity contribution in [3.8, 4) is 0 Å². The lowest BCUT2D eigenvalue weighted by Crippen LogP contribution is -2.53. The van der Waals surface area contributed by atoms with Crippen LogP contribution in [0.2, 0.25) is 0 Å². The molecule has 0 aliphatic carbocycles. The van der Waals surface area contributed by atoms with Crippen molar-refractivity contribution >= 4 is 18.4 Å². The number of piperidine rings is 1. The minimum atomic E-state index is -1.09. The van der Waals surface area contributed by atoms with Crippen LogP contribution in [0, 0.1) is 0 Å². The zero-order valence-corrected chi connectivity index (χ0v) is 14.0. The SMILES string of the molecule is CC(C)(O)C(C)(C)OB(O)c1ccnc(N2CCCCC2)c1. The molecule has 0 atom stereocenters. The first-order valence-corrected chi connectivity index (χ1v) is 8.00. The van der Waals surface area contributed by atoms with Gasteiger partial charge >= 0.3 is 7.12 Å². The van der Waals surface area contributed by atoms with Crippen molar-refractivity contribution in [3.63, 3.8) is 0 Å². The summed E-state index contributed by atoms with van der Waals surface area (Å²) in [6.07, 6.45) is 5.32. The Morgan fingerprint density at radius 1 is 1.18 bits per heavy atom. The quantitative estimate of drug-likeness (QED) is 0.803. The number of nitrogens with zero attached hydrogens (tertiary/aromatic N) is 2. The van der Waals surface area contributed by atoms with Crippen LogP contribution in [0.3, 0.4) is 0 Å². The standard InChI is InChI=1S/C16H27BN2O3/c1-15(2,20)16(3,4)22-17(21)13-8-9-18-14(12-13)19-10-6-5-7-11-19/h8-9,12,20-21H,5-7,10-11H2,1-4H3. The molecule has 0 unspecified atom stereocenters. The second-order valence-electron chi connectivity index (χ2n) is 7.03. The Kier molecular flexibility index (Phi) is 5.15. The van der Waals surface area contributed by atoms with Gasteiger partial charge in [0.25, 0.3) is 0 Å². The minimum absolute atomic E-state index is 0.660. The molecule has 2 N–H and O–H groups in total. The fraction of sp³-hybridized carbons (Fsp3) is 0.688. The summed E-state index contributed by atoms with van der Waals surface area (Å²) in [6.45, 7) is 8.88. The lowest BCUT2D eigenvalue weighted by molar-refractivity contribution is -0.0982. The van der Waals surface area contributed by atoms with E-state index in [1.54, 1.807) is 40.0 Å². The first-order valence-electron chi connectivity index (χ1n) is 8.00. The molecule has 1 aliphatic rings. The molecule has 1 aromatic heterocycles. The van der Waals surface area contributed by atoms with Crippen LogP contribution in [0.5, 0.6) is 0 Å². The molecule has 0 aromatic carbocycles. The summed E-state index contributed by atoms with van der Waals surface area (Å²) in [5, 5.41) is 20.5. The molecule has 0 bridgehead atoms. The highest BCUT2D eigenvalue weighted by atomic mass is 16.5. The highest BCUT2D eigenvalue weighted by molar-refractivity contribution is 6.60. The summed E-state index contributed by atoms with van der Waals surface area (Å²) in [5.41, 5.74) is -1.27. The Balaban J connectivity index is 2.11. The van der Waals surface area contributed by atoms with Crippen molar-refractivity contribution in [2.75, 3.05) is 18.0 Å². The lowest BCUT2D eigenvalue weighted by atomic mass is 9.77. The van der Waals surface area contributed by atoms with Gasteiger partial charge in [0.05, 0.1) is 11.2 Å². The minimum Gasteiger partial charge on any atom is -0.423 e. The van der Waals surface area contributed by atoms with Gasteiger partial charge in [-0.1, -0.05) is 0 Å². The van der Waals surface area contributed by atoms with Crippen molar-refractivity contribution < 1.29 is 14.8 Å². The van der Waals surface area contributed by atoms with E-state index in [1.165, 1.54) is 19.3 Å². The maximum absolute atomic E-state index is 10.4. The zero-order valence-electron chi connectivity index (χ0n) is 14.0. The number of hydrogen-bond acceptors (Lipinski definition) is 5. The molecule has 5 nitrogen and oxygen atoms in total. The third-order valence-electron chi connectivity index (χ3n) is 4.61. The van der Waals surface area contributed by atoms with Crippen LogP contribution in [0.1, 0.15) is 47.0 Å². The monoisotopic (exact) mass is 306 g/mol. The Morgan fingerprint density at radius 2 is 1.82 bits per heavy atom. The van der Waals surface area contributed by atoms with Crippen molar-refractivity contribution in [1.82, 2.24) is 4.98 Å². The second kappa shape index (κ2) is 6.56. The number of aromatic nitrogens is 1. The molecule has 22 heavy (non-hydrogen) atoms. The van der Waals surface area contributed by atoms with Gasteiger partial charge < -0.3 is 19.7 Å². The van der Waals surface area contributed by atoms with E-state index >= 15 is 0 Å². The third-order valence-corrected chi connectivity index (χ3v) is 4.61. The van der Waals surface area contributed by atoms with Crippen molar-refractivity contribution in [2.24, 2.45) is 0 Å². The Hall–Kier alpha value is -1.11. The average Bonchev–Trinajstić information content (AvgIpc) is 2.47. The van der Waals surface area contributed by atoms with E-state index in [2.05, 4.69) is 9.88 Å². The van der Waals surface area contributed by atoms with Crippen LogP contribution >= 0.6 is 0 Å². The van der Waals surface area contributed by atoms with E-state index in [1.807, 2.05) is 6.07 Å². The lowest BCUT2D eigenvalue weighted by Gasteiger charge is -2.38. The summed E-state index contributed by atoms with van der Waals surface area (Å²) >= 11 is 0. The molecule has 1 aliphatic heterocycles. The number of pyridine rings is 1. The Morgan fingerprint density at radius 3 is 2.41 bits per heavy atom. The summed E-state index contributed by atoms with van der Waals surface area (Å²) in [7, 11) is -1.09. The van der Waals surface area contributed by atoms with Crippen LogP contribution in [-0.2, 0) is 4.65 Å². The molecule has 0 spiro atoms. The van der Waals surface area contributed by atoms with Gasteiger partial charge in [-0.05, 0) is 64.6 Å². The van der Waals surface area contributed by atoms with Crippen LogP contribution < -0.4 is 10.4 Å². The van der Waals surface area contributed by atoms with Crippen molar-refractivity contribution in [2.45, 2.75) is 58.2 Å². The molecule has 0 amide bonds. The Labute approximate surface area is 133 Å². The van der Waals surface area contributed by atoms with Gasteiger partial charge in [0.2, 0.25) is 0 Å². The first-order chi connectivity index (χ1) is 10.2. The van der Waals surface area contributed by atoms with Gasteiger partial charge in [-0.15, -0.1) is 0 Å². The highest BCUT2D eigenvalue weighted by Gasteiger charge is 2.39. The van der Waals surface area contributed by atoms with Crippen LogP contribution in [0.4, 0.5) is 5.82 Å². The van der Waals surface area contributed by atoms with Crippen LogP contribution in [0.15, 0.2) is 18.3 Å². The van der Waals surface area contributed by atoms with Gasteiger partial charge in [-0.3, -0.25) is 0 Å². The molecule has 0 saturated carbocycles. The topological polar surface area (TPSA) is 65.8 Å². The van der Waals surface area contributed by atoms with E-state index in [4.69, 9.17) is 4.65 Å². The molecule has 2 heterocycles. The van der Waals surface area contributed by atoms with Crippen molar-refractivity contribution in [3.05, 3.63) is 18.3 Å². The predicted octanol–water partition coefficient (Wildman–Crippen LogP) is 1.33. The van der Waals surface area contributed by atoms with Gasteiger partial charge in [0.15, 0.2) is 0 Å². The molecule has 1 saturated heterocycles. The molecular weight excluding hydrogens is 279 g/mol. The predicted molar refractivity (Wildman–Crippen MR) is 89.4 cm³/mol. The summed E-state index contributed by atoms with van der Waals surface area (Å²) < 4.78 is 5.69. The molecule has 1 fully saturated rings. The van der Waals surface area contributed by atoms with Gasteiger partial charge in [0, 0.05) is 19.3 Å². The summed E-state index contributed by atoms with van der Waals surface area (Å²) in [4.78, 5) is 6.64. The Bertz CT molecular complexity index is 496. The maximum Gasteiger partial charge on any atom is 0.491 e. The fourth-order valence-corrected chi connectivity index (χ4v) is 2.38. The maximum atomic E-state index is 10.4. The zero-order chi connectivity index (χ0) is 16.4. The van der Waals surface area contributed by atoms with Crippen LogP contribution in [-0.4, -0.2) is 46.5 Å². The smallest absolute Gasteiger partial charge is 0.423 e. The van der Waals surface area contributed by atoms with E-state index < -0.39 is 18.3 Å². The van der Waals surface area contributed by atoms with Gasteiger partial charge in [0.1, 0.15) is 5.82 Å². The third kappa shape index (κ3) is 4.00. The molecule has 1 aromatic rings. The average molecular weight is 306 g/mol. The fourth-order valence-electron chi connectivity index (χ4n) is 2.38. The van der Waals surface area contributed by atoms with E-state index in [-0.39, 0.29) is 0 Å². The number of anilines is 1. The molecule has 0 radical (unpaired) electrons. The largest absolute Gasteiger partial charge is 0.491 e. The highest BCUT2D eigenvalue weighted by Crippen LogP contribution is 2.25. The van der Waals surface area contributed by atoms with Gasteiger partial charge in [-0.2, -0.15) is 0 Å². The molecule has 122 valence electrons. The molecule has 6 heteroatoms. The number of aliphatic hydroxyl groups is 1. The summed E-state index contributed by atoms with van der Waals surface area (Å²) in [6, 6.07) is 3.62. The van der Waals surface area contributed by atoms with E-state index in [0.717, 1.165) is 18.9 Å². The van der Waals surface area contributed by atoms with Crippen LogP contribution in [0.25, 0.3) is 0 Å². The number of rotatable bonds is 5. The van der Waals surface area contributed by atoms with Gasteiger partial charge in [-0.25, -0.2) is 4.98 Å². The normalized spacial score (nSPS) is 16.7. The van der Waals surface area contributed by atoms with E-state index in [0.29, 0.717) is 5.46 Å². The summed E-state index contributed by atoms with van der Waals surface area (Å²) in [5.74, 6) is 0.876. The second-order valence-corrected chi connectivity index (χ2v) is 7.03. The molecular formula is C16H27BN2O3. The first kappa shape index (κ1) is 17.3. The number of hydrogen-bond donors (Lipinski definition) is 2. The van der Waals surface area contributed by atoms with Crippen molar-refractivity contribution in [1.29, 1.82) is 0 Å². The van der Waals surface area contributed by atoms with E-state index in [9.17, 15) is 10.1 Å².